The molecule has 2 aliphatic heterocycles. The molecule has 1 saturated heterocycles. The smallest absolute Gasteiger partial charge is 0.127 e. The number of benzene rings is 1. The van der Waals surface area contributed by atoms with Gasteiger partial charge in [0.1, 0.15) is 18.1 Å². The van der Waals surface area contributed by atoms with Crippen molar-refractivity contribution in [2.75, 3.05) is 26.7 Å². The predicted octanol–water partition coefficient (Wildman–Crippen LogP) is 1.76. The van der Waals surface area contributed by atoms with E-state index < -0.39 is 0 Å². The summed E-state index contributed by atoms with van der Waals surface area (Å²) < 4.78 is 5.66. The first-order valence-corrected chi connectivity index (χ1v) is 7.04. The van der Waals surface area contributed by atoms with Crippen LogP contribution in [0.1, 0.15) is 24.9 Å². The van der Waals surface area contributed by atoms with E-state index in [0.29, 0.717) is 18.6 Å². The van der Waals surface area contributed by atoms with Crippen LogP contribution in [0, 0.1) is 5.92 Å². The third-order valence-corrected chi connectivity index (χ3v) is 4.30. The molecular formula is C15H22N2O2. The first-order chi connectivity index (χ1) is 9.13. The van der Waals surface area contributed by atoms with E-state index in [1.165, 1.54) is 12.0 Å². The highest BCUT2D eigenvalue weighted by atomic mass is 16.5. The van der Waals surface area contributed by atoms with Gasteiger partial charge in [-0.15, -0.1) is 0 Å². The van der Waals surface area contributed by atoms with E-state index in [1.807, 2.05) is 6.07 Å². The van der Waals surface area contributed by atoms with Crippen molar-refractivity contribution < 1.29 is 9.84 Å². The zero-order valence-electron chi connectivity index (χ0n) is 11.6. The molecule has 3 unspecified atom stereocenters. The van der Waals surface area contributed by atoms with Crippen LogP contribution in [0.2, 0.25) is 0 Å². The number of ether oxygens (including phenoxy) is 1. The Morgan fingerprint density at radius 1 is 1.42 bits per heavy atom. The second-order valence-corrected chi connectivity index (χ2v) is 5.89. The van der Waals surface area contributed by atoms with Gasteiger partial charge in [0.25, 0.3) is 0 Å². The van der Waals surface area contributed by atoms with Gasteiger partial charge in [-0.1, -0.05) is 6.92 Å². The maximum atomic E-state index is 9.47. The van der Waals surface area contributed by atoms with Crippen LogP contribution in [0.5, 0.6) is 11.5 Å². The van der Waals surface area contributed by atoms with Crippen LogP contribution >= 0.6 is 0 Å². The second-order valence-electron chi connectivity index (χ2n) is 5.89. The number of nitrogens with zero attached hydrogens (tertiary/aromatic N) is 1. The van der Waals surface area contributed by atoms with Gasteiger partial charge >= 0.3 is 0 Å². The van der Waals surface area contributed by atoms with Gasteiger partial charge in [-0.3, -0.25) is 0 Å². The number of hydrogen-bond acceptors (Lipinski definition) is 4. The first-order valence-electron chi connectivity index (χ1n) is 7.04. The highest BCUT2D eigenvalue weighted by molar-refractivity contribution is 5.44. The van der Waals surface area contributed by atoms with Crippen LogP contribution < -0.4 is 10.1 Å². The number of piperidine rings is 1. The van der Waals surface area contributed by atoms with E-state index >= 15 is 0 Å². The maximum Gasteiger partial charge on any atom is 0.127 e. The standard InChI is InChI=1S/C15H22N2O2/c1-10-8-17(2)6-5-13(10)16-14-9-19-15-7-11(18)3-4-12(14)15/h3-4,7,10,13-14,16,18H,5-6,8-9H2,1-2H3. The molecule has 1 aromatic carbocycles. The Kier molecular flexibility index (Phi) is 3.37. The summed E-state index contributed by atoms with van der Waals surface area (Å²) in [7, 11) is 2.18. The van der Waals surface area contributed by atoms with E-state index in [0.717, 1.165) is 18.8 Å². The van der Waals surface area contributed by atoms with Crippen LogP contribution in [0.3, 0.4) is 0 Å². The molecule has 0 saturated carbocycles. The number of phenols is 1. The van der Waals surface area contributed by atoms with Gasteiger partial charge in [0, 0.05) is 24.2 Å². The lowest BCUT2D eigenvalue weighted by atomic mass is 9.93. The average molecular weight is 262 g/mol. The minimum atomic E-state index is 0.256. The summed E-state index contributed by atoms with van der Waals surface area (Å²) in [6, 6.07) is 6.21. The highest BCUT2D eigenvalue weighted by Crippen LogP contribution is 2.35. The maximum absolute atomic E-state index is 9.47. The Morgan fingerprint density at radius 2 is 2.26 bits per heavy atom. The molecule has 3 rings (SSSR count). The fourth-order valence-corrected chi connectivity index (χ4v) is 3.20. The number of nitrogens with one attached hydrogen (secondary N) is 1. The summed E-state index contributed by atoms with van der Waals surface area (Å²) in [6.07, 6.45) is 1.18. The van der Waals surface area contributed by atoms with Crippen molar-refractivity contribution in [3.63, 3.8) is 0 Å². The molecule has 4 nitrogen and oxygen atoms in total. The lowest BCUT2D eigenvalue weighted by Crippen LogP contribution is -2.48. The third-order valence-electron chi connectivity index (χ3n) is 4.30. The van der Waals surface area contributed by atoms with Gasteiger partial charge in [0.05, 0.1) is 6.04 Å². The number of rotatable bonds is 2. The summed E-state index contributed by atoms with van der Waals surface area (Å²) in [5.74, 6) is 1.74. The molecule has 1 fully saturated rings. The SMILES string of the molecule is CC1CN(C)CCC1NC1COc2cc(O)ccc21. The van der Waals surface area contributed by atoms with Gasteiger partial charge in [0.2, 0.25) is 0 Å². The molecule has 0 bridgehead atoms. The van der Waals surface area contributed by atoms with Crippen molar-refractivity contribution in [1.29, 1.82) is 0 Å². The average Bonchev–Trinajstić information content (AvgIpc) is 2.75. The molecule has 0 spiro atoms. The second kappa shape index (κ2) is 5.02. The quantitative estimate of drug-likeness (QED) is 0.852. The van der Waals surface area contributed by atoms with Crippen LogP contribution in [-0.4, -0.2) is 42.8 Å². The summed E-state index contributed by atoms with van der Waals surface area (Å²) in [6.45, 7) is 5.27. The molecule has 104 valence electrons. The van der Waals surface area contributed by atoms with Crippen molar-refractivity contribution >= 4 is 0 Å². The molecule has 0 radical (unpaired) electrons. The lowest BCUT2D eigenvalue weighted by Gasteiger charge is -2.36. The first kappa shape index (κ1) is 12.8. The summed E-state index contributed by atoms with van der Waals surface area (Å²) in [5, 5.41) is 13.2. The Labute approximate surface area is 114 Å². The third kappa shape index (κ3) is 2.55. The van der Waals surface area contributed by atoms with Crippen molar-refractivity contribution in [3.8, 4) is 11.5 Å². The molecule has 1 aromatic rings. The number of fused-ring (bicyclic) bond motifs is 1. The Morgan fingerprint density at radius 3 is 3.05 bits per heavy atom. The molecule has 4 heteroatoms. The molecule has 2 N–H and O–H groups in total. The summed E-state index contributed by atoms with van der Waals surface area (Å²) >= 11 is 0. The highest BCUT2D eigenvalue weighted by Gasteiger charge is 2.30. The van der Waals surface area contributed by atoms with Gasteiger partial charge in [-0.05, 0) is 38.1 Å². The lowest BCUT2D eigenvalue weighted by molar-refractivity contribution is 0.160. The normalized spacial score (nSPS) is 30.9. The zero-order chi connectivity index (χ0) is 13.4. The van der Waals surface area contributed by atoms with Crippen molar-refractivity contribution in [3.05, 3.63) is 23.8 Å². The summed E-state index contributed by atoms with van der Waals surface area (Å²) in [5.41, 5.74) is 1.17. The Bertz CT molecular complexity index is 463. The van der Waals surface area contributed by atoms with E-state index in [2.05, 4.69) is 24.2 Å². The zero-order valence-corrected chi connectivity index (χ0v) is 11.6. The van der Waals surface area contributed by atoms with Crippen LogP contribution in [0.15, 0.2) is 18.2 Å². The van der Waals surface area contributed by atoms with Gasteiger partial charge in [-0.2, -0.15) is 0 Å². The van der Waals surface area contributed by atoms with Crippen LogP contribution in [0.25, 0.3) is 0 Å². The minimum absolute atomic E-state index is 0.256. The van der Waals surface area contributed by atoms with Crippen molar-refractivity contribution in [2.45, 2.75) is 25.4 Å². The molecule has 19 heavy (non-hydrogen) atoms. The molecule has 0 aromatic heterocycles. The Hall–Kier alpha value is -1.26. The molecule has 0 amide bonds. The van der Waals surface area contributed by atoms with Crippen molar-refractivity contribution in [2.24, 2.45) is 5.92 Å². The molecule has 3 atom stereocenters. The molecular weight excluding hydrogens is 240 g/mol. The molecule has 2 heterocycles. The van der Waals surface area contributed by atoms with E-state index in [1.54, 1.807) is 12.1 Å². The van der Waals surface area contributed by atoms with E-state index in [9.17, 15) is 5.11 Å². The van der Waals surface area contributed by atoms with Crippen molar-refractivity contribution in [1.82, 2.24) is 10.2 Å². The fraction of sp³-hybridized carbons (Fsp3) is 0.600. The number of phenolic OH excluding ortho intramolecular Hbond substituents is 1. The van der Waals surface area contributed by atoms with Gasteiger partial charge in [0.15, 0.2) is 0 Å². The summed E-state index contributed by atoms with van der Waals surface area (Å²) in [4.78, 5) is 2.39. The van der Waals surface area contributed by atoms with E-state index in [-0.39, 0.29) is 11.8 Å². The topological polar surface area (TPSA) is 44.7 Å². The van der Waals surface area contributed by atoms with Gasteiger partial charge < -0.3 is 20.1 Å². The fourth-order valence-electron chi connectivity index (χ4n) is 3.20. The monoisotopic (exact) mass is 262 g/mol. The molecule has 2 aliphatic rings. The number of hydrogen-bond donors (Lipinski definition) is 2. The van der Waals surface area contributed by atoms with Crippen LogP contribution in [0.4, 0.5) is 0 Å². The largest absolute Gasteiger partial charge is 0.508 e. The van der Waals surface area contributed by atoms with E-state index in [4.69, 9.17) is 4.74 Å². The predicted molar refractivity (Wildman–Crippen MR) is 74.5 cm³/mol. The number of aromatic hydroxyl groups is 1. The number of likely N-dealkylation sites (tertiary alicyclic amines) is 1. The Balaban J connectivity index is 1.69. The minimum Gasteiger partial charge on any atom is -0.508 e. The molecule has 0 aliphatic carbocycles. The van der Waals surface area contributed by atoms with Crippen LogP contribution in [-0.2, 0) is 0 Å². The van der Waals surface area contributed by atoms with Gasteiger partial charge in [-0.25, -0.2) is 0 Å².